The van der Waals surface area contributed by atoms with Crippen molar-refractivity contribution in [3.05, 3.63) is 26.5 Å². The molecule has 0 saturated heterocycles. The summed E-state index contributed by atoms with van der Waals surface area (Å²) in [5.41, 5.74) is 0.830. The van der Waals surface area contributed by atoms with Crippen LogP contribution in [0.15, 0.2) is 26.5 Å². The smallest absolute Gasteiger partial charge is 0.221 e. The summed E-state index contributed by atoms with van der Waals surface area (Å²) in [6, 6.07) is 5.86. The highest BCUT2D eigenvalue weighted by Gasteiger charge is 2.08. The first kappa shape index (κ1) is 11.1. The van der Waals surface area contributed by atoms with Crippen LogP contribution in [0.5, 0.6) is 0 Å². The highest BCUT2D eigenvalue weighted by atomic mass is 79.9. The van der Waals surface area contributed by atoms with Crippen molar-refractivity contribution in [1.82, 2.24) is 0 Å². The molecule has 0 atom stereocenters. The lowest BCUT2D eigenvalue weighted by Crippen LogP contribution is -2.04. The van der Waals surface area contributed by atoms with E-state index in [1.807, 2.05) is 18.2 Å². The van der Waals surface area contributed by atoms with E-state index in [-0.39, 0.29) is 5.91 Å². The quantitative estimate of drug-likeness (QED) is 0.813. The highest BCUT2D eigenvalue weighted by molar-refractivity contribution is 9.13. The lowest BCUT2D eigenvalue weighted by molar-refractivity contribution is -0.114. The number of carbonyl (C=O) groups excluding carboxylic acids is 1. The van der Waals surface area contributed by atoms with Gasteiger partial charge >= 0.3 is 0 Å². The Balaban J connectivity index is 2.52. The number of fused-ring (bicyclic) bond motifs is 1. The van der Waals surface area contributed by atoms with Crippen molar-refractivity contribution < 1.29 is 4.79 Å². The van der Waals surface area contributed by atoms with Gasteiger partial charge in [-0.25, -0.2) is 0 Å². The third kappa shape index (κ3) is 2.24. The van der Waals surface area contributed by atoms with Gasteiger partial charge in [0.25, 0.3) is 0 Å². The number of thiophene rings is 1. The van der Waals surface area contributed by atoms with Gasteiger partial charge < -0.3 is 5.32 Å². The van der Waals surface area contributed by atoms with Crippen LogP contribution in [-0.4, -0.2) is 5.91 Å². The fourth-order valence-electron chi connectivity index (χ4n) is 1.32. The van der Waals surface area contributed by atoms with E-state index in [0.29, 0.717) is 0 Å². The Morgan fingerprint density at radius 3 is 2.80 bits per heavy atom. The maximum absolute atomic E-state index is 10.9. The summed E-state index contributed by atoms with van der Waals surface area (Å²) in [6.45, 7) is 1.50. The van der Waals surface area contributed by atoms with Crippen molar-refractivity contribution in [3.8, 4) is 0 Å². The second-order valence-corrected chi connectivity index (χ2v) is 6.24. The van der Waals surface area contributed by atoms with E-state index in [2.05, 4.69) is 37.2 Å². The molecule has 1 heterocycles. The second-order valence-electron chi connectivity index (χ2n) is 3.08. The summed E-state index contributed by atoms with van der Waals surface area (Å²) in [4.78, 5) is 10.9. The average Bonchev–Trinajstić information content (AvgIpc) is 2.41. The number of anilines is 1. The maximum Gasteiger partial charge on any atom is 0.221 e. The predicted molar refractivity (Wildman–Crippen MR) is 71.5 cm³/mol. The first-order valence-electron chi connectivity index (χ1n) is 4.23. The zero-order valence-corrected chi connectivity index (χ0v) is 11.8. The Kier molecular flexibility index (Phi) is 3.13. The predicted octanol–water partition coefficient (Wildman–Crippen LogP) is 4.38. The molecule has 1 amide bonds. The summed E-state index contributed by atoms with van der Waals surface area (Å²) in [7, 11) is 0. The monoisotopic (exact) mass is 347 g/mol. The number of rotatable bonds is 1. The standard InChI is InChI=1S/C10H7Br2NOS/c1-5(14)13-6-2-3-7-8(4-6)15-10(12)9(7)11/h2-4H,1H3,(H,13,14). The molecule has 2 aromatic rings. The normalized spacial score (nSPS) is 10.6. The summed E-state index contributed by atoms with van der Waals surface area (Å²) in [5, 5.41) is 3.92. The van der Waals surface area contributed by atoms with Crippen molar-refractivity contribution in [2.75, 3.05) is 5.32 Å². The molecule has 0 bridgehead atoms. The minimum atomic E-state index is -0.0518. The third-order valence-electron chi connectivity index (χ3n) is 1.91. The van der Waals surface area contributed by atoms with Crippen LogP contribution in [0, 0.1) is 0 Å². The van der Waals surface area contributed by atoms with Crippen LogP contribution in [0.4, 0.5) is 5.69 Å². The molecule has 15 heavy (non-hydrogen) atoms. The minimum Gasteiger partial charge on any atom is -0.326 e. The van der Waals surface area contributed by atoms with Gasteiger partial charge in [-0.3, -0.25) is 4.79 Å². The Labute approximate surface area is 108 Å². The van der Waals surface area contributed by atoms with Gasteiger partial charge in [-0.05, 0) is 44.0 Å². The third-order valence-corrected chi connectivity index (χ3v) is 5.35. The van der Waals surface area contributed by atoms with Crippen LogP contribution in [0.25, 0.3) is 10.1 Å². The number of hydrogen-bond acceptors (Lipinski definition) is 2. The Morgan fingerprint density at radius 2 is 2.13 bits per heavy atom. The van der Waals surface area contributed by atoms with Crippen molar-refractivity contribution in [2.45, 2.75) is 6.92 Å². The number of carbonyl (C=O) groups is 1. The van der Waals surface area contributed by atoms with Crippen LogP contribution in [0.1, 0.15) is 6.92 Å². The Morgan fingerprint density at radius 1 is 1.40 bits per heavy atom. The van der Waals surface area contributed by atoms with E-state index >= 15 is 0 Å². The summed E-state index contributed by atoms with van der Waals surface area (Å²) in [6.07, 6.45) is 0. The van der Waals surface area contributed by atoms with E-state index in [4.69, 9.17) is 0 Å². The molecule has 0 aliphatic carbocycles. The van der Waals surface area contributed by atoms with E-state index in [9.17, 15) is 4.79 Å². The highest BCUT2D eigenvalue weighted by Crippen LogP contribution is 2.40. The van der Waals surface area contributed by atoms with Gasteiger partial charge in [-0.2, -0.15) is 0 Å². The molecule has 0 spiro atoms. The van der Waals surface area contributed by atoms with Crippen LogP contribution in [0.2, 0.25) is 0 Å². The molecule has 0 aliphatic heterocycles. The summed E-state index contributed by atoms with van der Waals surface area (Å²) in [5.74, 6) is -0.0518. The average molecular weight is 349 g/mol. The lowest BCUT2D eigenvalue weighted by atomic mass is 10.2. The topological polar surface area (TPSA) is 29.1 Å². The lowest BCUT2D eigenvalue weighted by Gasteiger charge is -2.00. The van der Waals surface area contributed by atoms with Crippen LogP contribution in [0.3, 0.4) is 0 Å². The van der Waals surface area contributed by atoms with E-state index in [1.54, 1.807) is 11.3 Å². The number of amides is 1. The molecule has 1 N–H and O–H groups in total. The largest absolute Gasteiger partial charge is 0.326 e. The molecule has 2 rings (SSSR count). The molecule has 0 radical (unpaired) electrons. The molecule has 1 aromatic carbocycles. The fourth-order valence-corrected chi connectivity index (χ4v) is 3.63. The molecule has 2 nitrogen and oxygen atoms in total. The molecular weight excluding hydrogens is 342 g/mol. The van der Waals surface area contributed by atoms with Gasteiger partial charge in [-0.1, -0.05) is 6.07 Å². The van der Waals surface area contributed by atoms with Crippen molar-refractivity contribution in [2.24, 2.45) is 0 Å². The van der Waals surface area contributed by atoms with Crippen LogP contribution >= 0.6 is 43.2 Å². The fraction of sp³-hybridized carbons (Fsp3) is 0.100. The number of benzene rings is 1. The molecule has 0 aliphatic rings. The summed E-state index contributed by atoms with van der Waals surface area (Å²) < 4.78 is 3.27. The minimum absolute atomic E-state index is 0.0518. The number of nitrogens with one attached hydrogen (secondary N) is 1. The molecular formula is C10H7Br2NOS. The first-order chi connectivity index (χ1) is 7.08. The van der Waals surface area contributed by atoms with Crippen molar-refractivity contribution in [3.63, 3.8) is 0 Å². The second kappa shape index (κ2) is 4.23. The Bertz CT molecular complexity index is 535. The molecule has 0 fully saturated rings. The zero-order valence-electron chi connectivity index (χ0n) is 7.80. The first-order valence-corrected chi connectivity index (χ1v) is 6.63. The molecule has 1 aromatic heterocycles. The number of hydrogen-bond donors (Lipinski definition) is 1. The van der Waals surface area contributed by atoms with E-state index in [1.165, 1.54) is 6.92 Å². The SMILES string of the molecule is CC(=O)Nc1ccc2c(Br)c(Br)sc2c1. The van der Waals surface area contributed by atoms with Gasteiger partial charge in [0, 0.05) is 22.7 Å². The van der Waals surface area contributed by atoms with Gasteiger partial charge in [0.2, 0.25) is 5.91 Å². The summed E-state index contributed by atoms with van der Waals surface area (Å²) >= 11 is 8.61. The van der Waals surface area contributed by atoms with Gasteiger partial charge in [0.05, 0.1) is 8.26 Å². The van der Waals surface area contributed by atoms with Crippen LogP contribution in [-0.2, 0) is 4.79 Å². The van der Waals surface area contributed by atoms with Crippen molar-refractivity contribution in [1.29, 1.82) is 0 Å². The molecule has 5 heteroatoms. The van der Waals surface area contributed by atoms with E-state index < -0.39 is 0 Å². The molecule has 0 unspecified atom stereocenters. The zero-order chi connectivity index (χ0) is 11.0. The van der Waals surface area contributed by atoms with Gasteiger partial charge in [0.15, 0.2) is 0 Å². The number of halogens is 2. The molecule has 0 saturated carbocycles. The van der Waals surface area contributed by atoms with Crippen LogP contribution < -0.4 is 5.32 Å². The van der Waals surface area contributed by atoms with E-state index in [0.717, 1.165) is 24.0 Å². The Hall–Kier alpha value is -0.390. The molecule has 78 valence electrons. The maximum atomic E-state index is 10.9. The van der Waals surface area contributed by atoms with Gasteiger partial charge in [0.1, 0.15) is 0 Å². The van der Waals surface area contributed by atoms with Crippen molar-refractivity contribution >= 4 is 64.9 Å². The van der Waals surface area contributed by atoms with Gasteiger partial charge in [-0.15, -0.1) is 11.3 Å².